The molecule has 1 aliphatic carbocycles. The number of nitrogens with one attached hydrogen (secondary N) is 2. The van der Waals surface area contributed by atoms with Crippen LogP contribution in [0.25, 0.3) is 27.8 Å². The molecule has 0 unspecified atom stereocenters. The summed E-state index contributed by atoms with van der Waals surface area (Å²) in [6.45, 7) is 0. The molecule has 1 atom stereocenters. The maximum Gasteiger partial charge on any atom is 0.157 e. The maximum absolute atomic E-state index is 13.7. The number of fused-ring (bicyclic) bond motifs is 4. The van der Waals surface area contributed by atoms with Crippen LogP contribution in [0, 0.1) is 5.82 Å². The van der Waals surface area contributed by atoms with Crippen LogP contribution < -0.4 is 5.32 Å². The first kappa shape index (κ1) is 17.1. The predicted octanol–water partition coefficient (Wildman–Crippen LogP) is 4.38. The number of benzene rings is 1. The third kappa shape index (κ3) is 2.82. The smallest absolute Gasteiger partial charge is 0.157 e. The molecule has 5 aromatic rings. The first-order chi connectivity index (χ1) is 14.7. The first-order valence-electron chi connectivity index (χ1n) is 10.1. The molecule has 0 saturated carbocycles. The van der Waals surface area contributed by atoms with Gasteiger partial charge < -0.3 is 10.3 Å². The van der Waals surface area contributed by atoms with Crippen molar-refractivity contribution in [3.8, 4) is 11.3 Å². The highest BCUT2D eigenvalue weighted by Crippen LogP contribution is 2.31. The Balaban J connectivity index is 1.37. The highest BCUT2D eigenvalue weighted by molar-refractivity contribution is 5.85. The molecule has 0 saturated heterocycles. The summed E-state index contributed by atoms with van der Waals surface area (Å²) in [4.78, 5) is 12.1. The van der Waals surface area contributed by atoms with Crippen LogP contribution in [0.5, 0.6) is 0 Å². The Morgan fingerprint density at radius 3 is 3.00 bits per heavy atom. The van der Waals surface area contributed by atoms with Crippen LogP contribution in [0.2, 0.25) is 0 Å². The van der Waals surface area contributed by atoms with E-state index in [9.17, 15) is 4.39 Å². The van der Waals surface area contributed by atoms with Gasteiger partial charge in [0.15, 0.2) is 5.65 Å². The van der Waals surface area contributed by atoms with E-state index in [2.05, 4.69) is 49.6 Å². The van der Waals surface area contributed by atoms with Crippen molar-refractivity contribution >= 4 is 22.4 Å². The average Bonchev–Trinajstić information content (AvgIpc) is 3.38. The fourth-order valence-electron chi connectivity index (χ4n) is 4.42. The SMILES string of the molecule is Fc1cncc(-c2cc(N[C@@H]3CCc4[nH]c5ccccc5c4C3)n3nccc3n2)c1. The van der Waals surface area contributed by atoms with Gasteiger partial charge >= 0.3 is 0 Å². The fourth-order valence-corrected chi connectivity index (χ4v) is 4.42. The van der Waals surface area contributed by atoms with Crippen LogP contribution in [-0.2, 0) is 12.8 Å². The van der Waals surface area contributed by atoms with Crippen molar-refractivity contribution < 1.29 is 4.39 Å². The zero-order chi connectivity index (χ0) is 20.1. The second-order valence-corrected chi connectivity index (χ2v) is 7.73. The highest BCUT2D eigenvalue weighted by atomic mass is 19.1. The number of pyridine rings is 1. The van der Waals surface area contributed by atoms with Gasteiger partial charge in [-0.2, -0.15) is 9.61 Å². The van der Waals surface area contributed by atoms with Crippen LogP contribution in [0.15, 0.2) is 61.1 Å². The normalized spacial score (nSPS) is 16.1. The molecule has 0 bridgehead atoms. The monoisotopic (exact) mass is 398 g/mol. The van der Waals surface area contributed by atoms with E-state index in [4.69, 9.17) is 0 Å². The van der Waals surface area contributed by atoms with Crippen molar-refractivity contribution in [1.82, 2.24) is 24.6 Å². The van der Waals surface area contributed by atoms with Crippen molar-refractivity contribution in [2.24, 2.45) is 0 Å². The quantitative estimate of drug-likeness (QED) is 0.473. The second-order valence-electron chi connectivity index (χ2n) is 7.73. The zero-order valence-corrected chi connectivity index (χ0v) is 16.1. The summed E-state index contributed by atoms with van der Waals surface area (Å²) in [5.41, 5.74) is 5.94. The lowest BCUT2D eigenvalue weighted by Gasteiger charge is -2.25. The van der Waals surface area contributed by atoms with E-state index in [0.717, 1.165) is 25.1 Å². The number of H-pyrrole nitrogens is 1. The molecule has 1 aliphatic rings. The number of hydrogen-bond acceptors (Lipinski definition) is 4. The molecule has 1 aromatic carbocycles. The minimum absolute atomic E-state index is 0.269. The molecule has 30 heavy (non-hydrogen) atoms. The summed E-state index contributed by atoms with van der Waals surface area (Å²) in [6, 6.07) is 13.9. The fraction of sp³-hybridized carbons (Fsp3) is 0.174. The Bertz CT molecular complexity index is 1390. The van der Waals surface area contributed by atoms with Gasteiger partial charge in [-0.3, -0.25) is 4.98 Å². The minimum Gasteiger partial charge on any atom is -0.367 e. The van der Waals surface area contributed by atoms with Gasteiger partial charge in [0.25, 0.3) is 0 Å². The highest BCUT2D eigenvalue weighted by Gasteiger charge is 2.23. The van der Waals surface area contributed by atoms with Gasteiger partial charge in [-0.05, 0) is 37.0 Å². The van der Waals surface area contributed by atoms with Crippen molar-refractivity contribution in [2.45, 2.75) is 25.3 Å². The van der Waals surface area contributed by atoms with E-state index in [0.29, 0.717) is 16.9 Å². The van der Waals surface area contributed by atoms with E-state index in [1.54, 1.807) is 16.9 Å². The Labute approximate surface area is 171 Å². The van der Waals surface area contributed by atoms with Gasteiger partial charge in [0.2, 0.25) is 0 Å². The number of para-hydroxylation sites is 1. The summed E-state index contributed by atoms with van der Waals surface area (Å²) in [6.07, 6.45) is 7.49. The average molecular weight is 398 g/mol. The molecular formula is C23H19FN6. The molecule has 0 radical (unpaired) electrons. The van der Waals surface area contributed by atoms with Crippen molar-refractivity contribution in [3.05, 3.63) is 78.1 Å². The molecule has 4 aromatic heterocycles. The number of aryl methyl sites for hydroxylation is 1. The molecule has 0 fully saturated rings. The number of aromatic nitrogens is 5. The van der Waals surface area contributed by atoms with Crippen molar-refractivity contribution in [2.75, 3.05) is 5.32 Å². The number of hydrogen-bond donors (Lipinski definition) is 2. The Morgan fingerprint density at radius 1 is 1.13 bits per heavy atom. The van der Waals surface area contributed by atoms with Gasteiger partial charge in [-0.25, -0.2) is 9.37 Å². The lowest BCUT2D eigenvalue weighted by atomic mass is 9.91. The maximum atomic E-state index is 13.7. The third-order valence-electron chi connectivity index (χ3n) is 5.81. The first-order valence-corrected chi connectivity index (χ1v) is 10.1. The molecule has 7 heteroatoms. The Kier molecular flexibility index (Phi) is 3.80. The molecule has 6 nitrogen and oxygen atoms in total. The summed E-state index contributed by atoms with van der Waals surface area (Å²) in [5, 5.41) is 9.37. The number of halogens is 1. The van der Waals surface area contributed by atoms with Crippen LogP contribution in [0.1, 0.15) is 17.7 Å². The molecule has 0 aliphatic heterocycles. The molecule has 148 valence electrons. The van der Waals surface area contributed by atoms with Gasteiger partial charge in [0, 0.05) is 46.5 Å². The number of aromatic amines is 1. The van der Waals surface area contributed by atoms with E-state index in [1.807, 2.05) is 12.1 Å². The van der Waals surface area contributed by atoms with Gasteiger partial charge in [0.05, 0.1) is 18.1 Å². The van der Waals surface area contributed by atoms with Crippen LogP contribution in [-0.4, -0.2) is 30.6 Å². The van der Waals surface area contributed by atoms with Crippen LogP contribution >= 0.6 is 0 Å². The van der Waals surface area contributed by atoms with E-state index in [1.165, 1.54) is 34.4 Å². The van der Waals surface area contributed by atoms with Crippen LogP contribution in [0.4, 0.5) is 10.2 Å². The lowest BCUT2D eigenvalue weighted by Crippen LogP contribution is -2.28. The lowest BCUT2D eigenvalue weighted by molar-refractivity contribution is 0.603. The molecule has 6 rings (SSSR count). The number of anilines is 1. The molecule has 0 spiro atoms. The Morgan fingerprint density at radius 2 is 2.07 bits per heavy atom. The Hall–Kier alpha value is -3.74. The van der Waals surface area contributed by atoms with Gasteiger partial charge in [-0.15, -0.1) is 0 Å². The second kappa shape index (κ2) is 6.66. The molecule has 0 amide bonds. The summed E-state index contributed by atoms with van der Waals surface area (Å²) in [7, 11) is 0. The van der Waals surface area contributed by atoms with E-state index in [-0.39, 0.29) is 11.9 Å². The van der Waals surface area contributed by atoms with Crippen LogP contribution in [0.3, 0.4) is 0 Å². The topological polar surface area (TPSA) is 70.9 Å². The summed E-state index contributed by atoms with van der Waals surface area (Å²) >= 11 is 0. The van der Waals surface area contributed by atoms with Crippen molar-refractivity contribution in [3.63, 3.8) is 0 Å². The van der Waals surface area contributed by atoms with Gasteiger partial charge in [-0.1, -0.05) is 18.2 Å². The largest absolute Gasteiger partial charge is 0.367 e. The standard InChI is InChI=1S/C23H19FN6/c24-15-9-14(12-25-13-15)21-11-23(30-22(29-21)7-8-26-30)27-16-5-6-20-18(10-16)17-3-1-2-4-19(17)28-20/h1-4,7-9,11-13,16,27-28H,5-6,10H2/t16-/m1/s1. The number of rotatable bonds is 3. The van der Waals surface area contributed by atoms with E-state index < -0.39 is 0 Å². The molecule has 4 heterocycles. The van der Waals surface area contributed by atoms with Crippen molar-refractivity contribution in [1.29, 1.82) is 0 Å². The minimum atomic E-state index is -0.378. The molecule has 2 N–H and O–H groups in total. The predicted molar refractivity (Wildman–Crippen MR) is 114 cm³/mol. The van der Waals surface area contributed by atoms with Gasteiger partial charge in [0.1, 0.15) is 11.6 Å². The summed E-state index contributed by atoms with van der Waals surface area (Å²) in [5.74, 6) is 0.467. The summed E-state index contributed by atoms with van der Waals surface area (Å²) < 4.78 is 15.5. The zero-order valence-electron chi connectivity index (χ0n) is 16.1. The molecular weight excluding hydrogens is 379 g/mol. The van der Waals surface area contributed by atoms with E-state index >= 15 is 0 Å². The number of nitrogens with zero attached hydrogens (tertiary/aromatic N) is 4. The third-order valence-corrected chi connectivity index (χ3v) is 5.81.